The van der Waals surface area contributed by atoms with Crippen LogP contribution in [-0.4, -0.2) is 62.9 Å². The molecule has 3 rings (SSSR count). The molecule has 2 N–H and O–H groups in total. The monoisotopic (exact) mass is 465 g/mol. The molecule has 0 radical (unpaired) electrons. The summed E-state index contributed by atoms with van der Waals surface area (Å²) in [4.78, 5) is 24.5. The molecule has 1 aromatic rings. The van der Waals surface area contributed by atoms with Gasteiger partial charge in [-0.05, 0) is 64.0 Å². The van der Waals surface area contributed by atoms with Crippen molar-refractivity contribution in [2.75, 3.05) is 26.2 Å². The zero-order valence-electron chi connectivity index (χ0n) is 19.3. The molecule has 2 aliphatic rings. The van der Waals surface area contributed by atoms with E-state index in [0.29, 0.717) is 31.0 Å². The van der Waals surface area contributed by atoms with Crippen molar-refractivity contribution < 1.29 is 22.7 Å². The summed E-state index contributed by atoms with van der Waals surface area (Å²) in [6, 6.07) is 3.59. The van der Waals surface area contributed by atoms with Gasteiger partial charge in [-0.25, -0.2) is 8.42 Å². The maximum atomic E-state index is 13.5. The molecule has 0 aliphatic carbocycles. The predicted molar refractivity (Wildman–Crippen MR) is 122 cm³/mol. The molecule has 178 valence electrons. The summed E-state index contributed by atoms with van der Waals surface area (Å²) >= 11 is 0. The molecular weight excluding hydrogens is 430 g/mol. The Kier molecular flexibility index (Phi) is 8.30. The molecule has 8 nitrogen and oxygen atoms in total. The van der Waals surface area contributed by atoms with Gasteiger partial charge in [0, 0.05) is 32.3 Å². The van der Waals surface area contributed by atoms with E-state index in [9.17, 15) is 18.0 Å². The van der Waals surface area contributed by atoms with Crippen LogP contribution in [-0.2, 0) is 24.3 Å². The fraction of sp³-hybridized carbons (Fsp3) is 0.652. The van der Waals surface area contributed by atoms with Crippen LogP contribution in [0, 0.1) is 20.8 Å². The smallest absolute Gasteiger partial charge is 0.309 e. The average Bonchev–Trinajstić information content (AvgIpc) is 3.25. The number of nitrogens with zero attached hydrogens (tertiary/aromatic N) is 1. The van der Waals surface area contributed by atoms with Crippen molar-refractivity contribution in [3.63, 3.8) is 0 Å². The second kappa shape index (κ2) is 10.8. The minimum atomic E-state index is -3.65. The first-order valence-electron chi connectivity index (χ1n) is 11.5. The van der Waals surface area contributed by atoms with Crippen LogP contribution in [0.2, 0.25) is 0 Å². The second-order valence-electron chi connectivity index (χ2n) is 8.88. The highest BCUT2D eigenvalue weighted by Crippen LogP contribution is 2.31. The minimum absolute atomic E-state index is 0.0264. The van der Waals surface area contributed by atoms with Crippen LogP contribution < -0.4 is 10.6 Å². The molecule has 0 spiro atoms. The summed E-state index contributed by atoms with van der Waals surface area (Å²) in [5, 5.41) is 5.24. The molecule has 2 amide bonds. The number of piperidine rings is 1. The van der Waals surface area contributed by atoms with Gasteiger partial charge in [0.25, 0.3) is 0 Å². The van der Waals surface area contributed by atoms with E-state index in [1.54, 1.807) is 4.31 Å². The zero-order valence-corrected chi connectivity index (χ0v) is 20.1. The number of hydrogen-bond acceptors (Lipinski definition) is 5. The number of rotatable bonds is 7. The Morgan fingerprint density at radius 2 is 1.72 bits per heavy atom. The van der Waals surface area contributed by atoms with Crippen LogP contribution in [0.15, 0.2) is 17.0 Å². The Balaban J connectivity index is 1.58. The van der Waals surface area contributed by atoms with Gasteiger partial charge in [0.1, 0.15) is 0 Å². The number of amides is 2. The van der Waals surface area contributed by atoms with Gasteiger partial charge >= 0.3 is 11.8 Å². The second-order valence-corrected chi connectivity index (χ2v) is 10.7. The minimum Gasteiger partial charge on any atom is -0.376 e. The fourth-order valence-electron chi connectivity index (χ4n) is 4.79. The lowest BCUT2D eigenvalue weighted by Gasteiger charge is -2.35. The summed E-state index contributed by atoms with van der Waals surface area (Å²) in [6.45, 7) is 7.36. The van der Waals surface area contributed by atoms with Gasteiger partial charge in [0.05, 0.1) is 11.0 Å². The number of hydrogen-bond donors (Lipinski definition) is 2. The number of carbonyl (C=O) groups excluding carboxylic acids is 2. The first-order valence-corrected chi connectivity index (χ1v) is 12.9. The van der Waals surface area contributed by atoms with Gasteiger partial charge in [-0.1, -0.05) is 24.1 Å². The SMILES string of the molecule is Cc1cc(C)c(S(=O)(=O)N2CCCC[C@H]2CCNC(=O)C(=O)NC[C@H]2CCCO2)c(C)c1. The lowest BCUT2D eigenvalue weighted by Crippen LogP contribution is -2.47. The number of sulfonamides is 1. The van der Waals surface area contributed by atoms with Crippen LogP contribution in [0.4, 0.5) is 0 Å². The number of ether oxygens (including phenoxy) is 1. The highest BCUT2D eigenvalue weighted by molar-refractivity contribution is 7.89. The Morgan fingerprint density at radius 1 is 1.03 bits per heavy atom. The molecule has 0 bridgehead atoms. The summed E-state index contributed by atoms with van der Waals surface area (Å²) in [7, 11) is -3.65. The van der Waals surface area contributed by atoms with E-state index in [1.165, 1.54) is 0 Å². The highest BCUT2D eigenvalue weighted by Gasteiger charge is 2.35. The van der Waals surface area contributed by atoms with Crippen molar-refractivity contribution in [3.8, 4) is 0 Å². The number of aryl methyl sites for hydroxylation is 3. The van der Waals surface area contributed by atoms with Gasteiger partial charge in [-0.15, -0.1) is 0 Å². The normalized spacial score (nSPS) is 22.0. The summed E-state index contributed by atoms with van der Waals surface area (Å²) in [5.74, 6) is -1.38. The van der Waals surface area contributed by atoms with Gasteiger partial charge in [-0.2, -0.15) is 4.31 Å². The molecule has 2 saturated heterocycles. The quantitative estimate of drug-likeness (QED) is 0.599. The Bertz CT molecular complexity index is 918. The standard InChI is InChI=1S/C23H35N3O5S/c1-16-13-17(2)21(18(3)14-16)32(29,30)26-11-5-4-7-19(26)9-10-24-22(27)23(28)25-15-20-8-6-12-31-20/h13-14,19-20H,4-12,15H2,1-3H3,(H,24,27)(H,25,28)/t19-,20+/m0/s1. The fourth-order valence-corrected chi connectivity index (χ4v) is 6.93. The third-order valence-electron chi connectivity index (χ3n) is 6.23. The molecule has 32 heavy (non-hydrogen) atoms. The van der Waals surface area contributed by atoms with Crippen LogP contribution in [0.5, 0.6) is 0 Å². The topological polar surface area (TPSA) is 105 Å². The van der Waals surface area contributed by atoms with Crippen molar-refractivity contribution >= 4 is 21.8 Å². The van der Waals surface area contributed by atoms with Crippen molar-refractivity contribution in [3.05, 3.63) is 28.8 Å². The summed E-state index contributed by atoms with van der Waals surface area (Å²) < 4.78 is 34.1. The Morgan fingerprint density at radius 3 is 2.38 bits per heavy atom. The van der Waals surface area contributed by atoms with Crippen LogP contribution in [0.25, 0.3) is 0 Å². The molecule has 0 aromatic heterocycles. The maximum Gasteiger partial charge on any atom is 0.309 e. The van der Waals surface area contributed by atoms with Crippen LogP contribution >= 0.6 is 0 Å². The van der Waals surface area contributed by atoms with E-state index in [0.717, 1.165) is 48.8 Å². The van der Waals surface area contributed by atoms with E-state index in [4.69, 9.17) is 4.74 Å². The number of benzene rings is 1. The van der Waals surface area contributed by atoms with Crippen molar-refractivity contribution in [2.45, 2.75) is 76.3 Å². The van der Waals surface area contributed by atoms with Gasteiger partial charge in [0.2, 0.25) is 10.0 Å². The highest BCUT2D eigenvalue weighted by atomic mass is 32.2. The van der Waals surface area contributed by atoms with E-state index < -0.39 is 21.8 Å². The molecule has 9 heteroatoms. The van der Waals surface area contributed by atoms with Gasteiger partial charge in [0.15, 0.2) is 0 Å². The van der Waals surface area contributed by atoms with Crippen molar-refractivity contribution in [2.24, 2.45) is 0 Å². The predicted octanol–water partition coefficient (Wildman–Crippen LogP) is 1.96. The average molecular weight is 466 g/mol. The van der Waals surface area contributed by atoms with Crippen LogP contribution in [0.3, 0.4) is 0 Å². The molecule has 0 saturated carbocycles. The van der Waals surface area contributed by atoms with E-state index in [-0.39, 0.29) is 18.7 Å². The number of carbonyl (C=O) groups is 2. The molecule has 2 aliphatic heterocycles. The van der Waals surface area contributed by atoms with E-state index in [2.05, 4.69) is 10.6 Å². The van der Waals surface area contributed by atoms with E-state index in [1.807, 2.05) is 32.9 Å². The first-order chi connectivity index (χ1) is 15.2. The number of nitrogens with one attached hydrogen (secondary N) is 2. The molecule has 2 fully saturated rings. The molecule has 0 unspecified atom stereocenters. The summed E-state index contributed by atoms with van der Waals surface area (Å²) in [5.41, 5.74) is 2.54. The first kappa shape index (κ1) is 24.7. The van der Waals surface area contributed by atoms with Crippen LogP contribution in [0.1, 0.15) is 55.2 Å². The third-order valence-corrected chi connectivity index (χ3v) is 8.49. The van der Waals surface area contributed by atoms with E-state index >= 15 is 0 Å². The Hall–Kier alpha value is -1.97. The van der Waals surface area contributed by atoms with Gasteiger partial charge in [-0.3, -0.25) is 9.59 Å². The van der Waals surface area contributed by atoms with Gasteiger partial charge < -0.3 is 15.4 Å². The van der Waals surface area contributed by atoms with Crippen molar-refractivity contribution in [1.29, 1.82) is 0 Å². The molecular formula is C23H35N3O5S. The lowest BCUT2D eigenvalue weighted by atomic mass is 10.0. The largest absolute Gasteiger partial charge is 0.376 e. The summed E-state index contributed by atoms with van der Waals surface area (Å²) in [6.07, 6.45) is 4.79. The lowest BCUT2D eigenvalue weighted by molar-refractivity contribution is -0.139. The Labute approximate surface area is 191 Å². The molecule has 1 aromatic carbocycles. The maximum absolute atomic E-state index is 13.5. The third kappa shape index (κ3) is 5.88. The molecule has 2 heterocycles. The van der Waals surface area contributed by atoms with Crippen molar-refractivity contribution in [1.82, 2.24) is 14.9 Å². The molecule has 2 atom stereocenters. The zero-order chi connectivity index (χ0) is 23.3.